The quantitative estimate of drug-likeness (QED) is 0.280. The van der Waals surface area contributed by atoms with Crippen molar-refractivity contribution in [2.75, 3.05) is 44.2 Å². The highest BCUT2D eigenvalue weighted by molar-refractivity contribution is 5.59. The first-order valence-corrected chi connectivity index (χ1v) is 12.9. The maximum Gasteiger partial charge on any atom is 0.151 e. The molecule has 1 fully saturated rings. The molecule has 5 rings (SSSR count). The lowest BCUT2D eigenvalue weighted by Gasteiger charge is -2.36. The van der Waals surface area contributed by atoms with Gasteiger partial charge in [-0.1, -0.05) is 35.5 Å². The Bertz CT molecular complexity index is 1220. The Hall–Kier alpha value is -3.68. The van der Waals surface area contributed by atoms with E-state index in [1.54, 1.807) is 0 Å². The highest BCUT2D eigenvalue weighted by atomic mass is 19.1. The van der Waals surface area contributed by atoms with Crippen LogP contribution in [-0.4, -0.2) is 49.3 Å². The van der Waals surface area contributed by atoms with Gasteiger partial charge in [0.05, 0.1) is 6.54 Å². The summed E-state index contributed by atoms with van der Waals surface area (Å²) < 4.78 is 24.5. The molecule has 1 aromatic heterocycles. The molecule has 6 nitrogen and oxygen atoms in total. The van der Waals surface area contributed by atoms with E-state index in [0.717, 1.165) is 79.7 Å². The van der Waals surface area contributed by atoms with Crippen LogP contribution in [0.15, 0.2) is 89.5 Å². The number of rotatable bonds is 11. The van der Waals surface area contributed by atoms with E-state index in [4.69, 9.17) is 9.26 Å². The average molecular weight is 501 g/mol. The van der Waals surface area contributed by atoms with Gasteiger partial charge in [0.25, 0.3) is 0 Å². The molecule has 0 aliphatic carbocycles. The van der Waals surface area contributed by atoms with Crippen molar-refractivity contribution in [3.05, 3.63) is 102 Å². The Labute approximate surface area is 217 Å². The third-order valence-electron chi connectivity index (χ3n) is 6.65. The molecule has 1 saturated heterocycles. The number of halogens is 1. The summed E-state index contributed by atoms with van der Waals surface area (Å²) >= 11 is 0. The van der Waals surface area contributed by atoms with Crippen LogP contribution in [-0.2, 0) is 13.2 Å². The maximum atomic E-state index is 13.1. The highest BCUT2D eigenvalue weighted by Crippen LogP contribution is 2.23. The number of piperazine rings is 1. The van der Waals surface area contributed by atoms with Gasteiger partial charge in [0.1, 0.15) is 23.9 Å². The summed E-state index contributed by atoms with van der Waals surface area (Å²) in [6.07, 6.45) is 1.07. The average Bonchev–Trinajstić information content (AvgIpc) is 3.42. The molecule has 4 aromatic rings. The molecule has 0 saturated carbocycles. The van der Waals surface area contributed by atoms with Gasteiger partial charge in [-0.05, 0) is 73.6 Å². The second-order valence-corrected chi connectivity index (χ2v) is 9.31. The van der Waals surface area contributed by atoms with Crippen LogP contribution >= 0.6 is 0 Å². The van der Waals surface area contributed by atoms with Crippen LogP contribution in [0, 0.1) is 5.82 Å². The van der Waals surface area contributed by atoms with E-state index in [0.29, 0.717) is 13.2 Å². The van der Waals surface area contributed by atoms with Crippen molar-refractivity contribution < 1.29 is 13.7 Å². The van der Waals surface area contributed by atoms with Gasteiger partial charge in [-0.15, -0.1) is 0 Å². The number of nitrogens with zero attached hydrogens (tertiary/aromatic N) is 3. The summed E-state index contributed by atoms with van der Waals surface area (Å²) in [5.41, 5.74) is 4.07. The van der Waals surface area contributed by atoms with Crippen LogP contribution in [0.1, 0.15) is 17.7 Å². The largest absolute Gasteiger partial charge is 0.489 e. The first kappa shape index (κ1) is 25.0. The van der Waals surface area contributed by atoms with E-state index in [2.05, 4.69) is 32.4 Å². The van der Waals surface area contributed by atoms with E-state index < -0.39 is 0 Å². The highest BCUT2D eigenvalue weighted by Gasteiger charge is 2.16. The smallest absolute Gasteiger partial charge is 0.151 e. The third kappa shape index (κ3) is 7.18. The standard InChI is InChI=1S/C30H33FN4O2/c31-26-9-11-27(12-10-26)35-19-17-34(18-20-35)16-4-15-32-22-29-21-30(33-37-29)25-7-13-28(14-8-25)36-23-24-5-2-1-3-6-24/h1-3,5-14,21,32H,4,15-20,22-23H2. The molecule has 1 aliphatic heterocycles. The summed E-state index contributed by atoms with van der Waals surface area (Å²) in [5, 5.41) is 7.69. The van der Waals surface area contributed by atoms with Crippen LogP contribution in [0.2, 0.25) is 0 Å². The van der Waals surface area contributed by atoms with E-state index >= 15 is 0 Å². The minimum Gasteiger partial charge on any atom is -0.489 e. The van der Waals surface area contributed by atoms with Crippen LogP contribution in [0.25, 0.3) is 11.3 Å². The number of anilines is 1. The van der Waals surface area contributed by atoms with Crippen molar-refractivity contribution in [1.29, 1.82) is 0 Å². The molecular formula is C30H33FN4O2. The summed E-state index contributed by atoms with van der Waals surface area (Å²) in [7, 11) is 0. The van der Waals surface area contributed by atoms with E-state index in [-0.39, 0.29) is 5.82 Å². The van der Waals surface area contributed by atoms with Crippen LogP contribution in [0.4, 0.5) is 10.1 Å². The zero-order valence-electron chi connectivity index (χ0n) is 21.0. The van der Waals surface area contributed by atoms with Crippen LogP contribution in [0.5, 0.6) is 5.75 Å². The molecule has 192 valence electrons. The second-order valence-electron chi connectivity index (χ2n) is 9.31. The number of aromatic nitrogens is 1. The lowest BCUT2D eigenvalue weighted by molar-refractivity contribution is 0.253. The number of nitrogens with one attached hydrogen (secondary N) is 1. The van der Waals surface area contributed by atoms with Crippen LogP contribution in [0.3, 0.4) is 0 Å². The zero-order valence-corrected chi connectivity index (χ0v) is 21.0. The predicted octanol–water partition coefficient (Wildman–Crippen LogP) is 5.36. The third-order valence-corrected chi connectivity index (χ3v) is 6.65. The van der Waals surface area contributed by atoms with Gasteiger partial charge in [0.2, 0.25) is 0 Å². The molecule has 1 N–H and O–H groups in total. The van der Waals surface area contributed by atoms with Crippen molar-refractivity contribution in [1.82, 2.24) is 15.4 Å². The van der Waals surface area contributed by atoms with Crippen molar-refractivity contribution in [2.45, 2.75) is 19.6 Å². The van der Waals surface area contributed by atoms with Gasteiger partial charge in [0, 0.05) is 43.5 Å². The molecule has 2 heterocycles. The molecule has 7 heteroatoms. The molecule has 37 heavy (non-hydrogen) atoms. The van der Waals surface area contributed by atoms with Crippen LogP contribution < -0.4 is 15.0 Å². The maximum absolute atomic E-state index is 13.1. The SMILES string of the molecule is Fc1ccc(N2CCN(CCCNCc3cc(-c4ccc(OCc5ccccc5)cc4)no3)CC2)cc1. The number of ether oxygens (including phenoxy) is 1. The lowest BCUT2D eigenvalue weighted by Crippen LogP contribution is -2.47. The lowest BCUT2D eigenvalue weighted by atomic mass is 10.1. The minimum atomic E-state index is -0.185. The summed E-state index contributed by atoms with van der Waals surface area (Å²) in [5.74, 6) is 1.47. The summed E-state index contributed by atoms with van der Waals surface area (Å²) in [6, 6.07) is 26.8. The van der Waals surface area contributed by atoms with Gasteiger partial charge < -0.3 is 19.5 Å². The number of hydrogen-bond acceptors (Lipinski definition) is 6. The Morgan fingerprint density at radius 1 is 0.892 bits per heavy atom. The summed E-state index contributed by atoms with van der Waals surface area (Å²) in [6.45, 7) is 7.18. The molecule has 3 aromatic carbocycles. The van der Waals surface area contributed by atoms with E-state index in [1.165, 1.54) is 12.1 Å². The molecule has 0 amide bonds. The summed E-state index contributed by atoms with van der Waals surface area (Å²) in [4.78, 5) is 4.81. The molecular weight excluding hydrogens is 467 g/mol. The number of hydrogen-bond donors (Lipinski definition) is 1. The zero-order chi connectivity index (χ0) is 25.3. The monoisotopic (exact) mass is 500 g/mol. The Kier molecular flexibility index (Phi) is 8.46. The van der Waals surface area contributed by atoms with E-state index in [9.17, 15) is 4.39 Å². The molecule has 0 unspecified atom stereocenters. The normalized spacial score (nSPS) is 14.1. The topological polar surface area (TPSA) is 53.8 Å². The second kappa shape index (κ2) is 12.5. The van der Waals surface area contributed by atoms with Crippen molar-refractivity contribution in [3.63, 3.8) is 0 Å². The van der Waals surface area contributed by atoms with Crippen molar-refractivity contribution in [2.24, 2.45) is 0 Å². The fourth-order valence-corrected chi connectivity index (χ4v) is 4.52. The van der Waals surface area contributed by atoms with Gasteiger partial charge in [-0.25, -0.2) is 4.39 Å². The predicted molar refractivity (Wildman–Crippen MR) is 144 cm³/mol. The Morgan fingerprint density at radius 3 is 2.41 bits per heavy atom. The fourth-order valence-electron chi connectivity index (χ4n) is 4.52. The molecule has 0 bridgehead atoms. The first-order valence-electron chi connectivity index (χ1n) is 12.9. The number of benzene rings is 3. The van der Waals surface area contributed by atoms with Crippen molar-refractivity contribution >= 4 is 5.69 Å². The molecule has 1 aliphatic rings. The van der Waals surface area contributed by atoms with Gasteiger partial charge in [0.15, 0.2) is 5.76 Å². The molecule has 0 atom stereocenters. The van der Waals surface area contributed by atoms with Gasteiger partial charge in [-0.3, -0.25) is 4.90 Å². The fraction of sp³-hybridized carbons (Fsp3) is 0.300. The first-order chi connectivity index (χ1) is 18.2. The Balaban J connectivity index is 0.986. The Morgan fingerprint density at radius 2 is 1.65 bits per heavy atom. The molecule has 0 spiro atoms. The minimum absolute atomic E-state index is 0.185. The van der Waals surface area contributed by atoms with E-state index in [1.807, 2.05) is 60.7 Å². The molecule has 0 radical (unpaired) electrons. The van der Waals surface area contributed by atoms with Crippen molar-refractivity contribution in [3.8, 4) is 17.0 Å². The van der Waals surface area contributed by atoms with Gasteiger partial charge >= 0.3 is 0 Å². The van der Waals surface area contributed by atoms with Gasteiger partial charge in [-0.2, -0.15) is 0 Å².